The second kappa shape index (κ2) is 5.78. The van der Waals surface area contributed by atoms with E-state index in [4.69, 9.17) is 14.2 Å². The molecule has 1 aromatic rings. The molecule has 31 heavy (non-hydrogen) atoms. The van der Waals surface area contributed by atoms with Gasteiger partial charge >= 0.3 is 0 Å². The molecule has 1 unspecified atom stereocenters. The van der Waals surface area contributed by atoms with Gasteiger partial charge in [0.2, 0.25) is 0 Å². The van der Waals surface area contributed by atoms with Crippen molar-refractivity contribution in [3.05, 3.63) is 23.3 Å². The number of hydrogen-bond donors (Lipinski definition) is 2. The summed E-state index contributed by atoms with van der Waals surface area (Å²) in [5.41, 5.74) is 1.13. The molecule has 4 bridgehead atoms. The van der Waals surface area contributed by atoms with Gasteiger partial charge in [0.05, 0.1) is 12.7 Å². The van der Waals surface area contributed by atoms with E-state index >= 15 is 0 Å². The number of methoxy groups -OCH3 is 2. The lowest BCUT2D eigenvalue weighted by atomic mass is 9.33. The van der Waals surface area contributed by atoms with Crippen LogP contribution in [0.3, 0.4) is 0 Å². The molecule has 0 amide bonds. The summed E-state index contributed by atoms with van der Waals surface area (Å²) >= 11 is 0. The Morgan fingerprint density at radius 2 is 1.90 bits per heavy atom. The van der Waals surface area contributed by atoms with Crippen LogP contribution in [-0.4, -0.2) is 49.2 Å². The minimum atomic E-state index is -0.880. The van der Waals surface area contributed by atoms with E-state index in [1.54, 1.807) is 7.11 Å². The molecule has 2 N–H and O–H groups in total. The van der Waals surface area contributed by atoms with Crippen LogP contribution in [0.2, 0.25) is 0 Å². The standard InChI is InChI=1S/C26H37NO4/c1-22(2,3)23(4,28)17-14-24-9-10-26(17,30-6)21-25(24)11-12-27-18(24)13-15-7-8-16(29-5)20(31-21)19(15)25/h7-8,17-18,21,27-28H,9-14H2,1-6H3/t17?,18-,21-,23+,24-,25+,26-/m1/s1. The third-order valence-corrected chi connectivity index (χ3v) is 10.6. The summed E-state index contributed by atoms with van der Waals surface area (Å²) in [6, 6.07) is 4.73. The van der Waals surface area contributed by atoms with Gasteiger partial charge in [-0.1, -0.05) is 26.8 Å². The lowest BCUT2D eigenvalue weighted by Crippen LogP contribution is -2.83. The number of benzene rings is 1. The number of rotatable bonds is 3. The van der Waals surface area contributed by atoms with Crippen molar-refractivity contribution in [2.45, 2.75) is 88.6 Å². The fourth-order valence-corrected chi connectivity index (χ4v) is 8.68. The Kier molecular flexibility index (Phi) is 3.79. The second-order valence-electron chi connectivity index (χ2n) is 12.0. The van der Waals surface area contributed by atoms with Crippen molar-refractivity contribution in [3.8, 4) is 11.5 Å². The molecule has 7 atom stereocenters. The van der Waals surface area contributed by atoms with Crippen molar-refractivity contribution < 1.29 is 19.3 Å². The van der Waals surface area contributed by atoms with Crippen LogP contribution in [0.1, 0.15) is 64.5 Å². The third kappa shape index (κ3) is 1.98. The first kappa shape index (κ1) is 20.3. The zero-order chi connectivity index (χ0) is 22.0. The predicted octanol–water partition coefficient (Wildman–Crippen LogP) is 3.59. The normalized spacial score (nSPS) is 43.8. The second-order valence-corrected chi connectivity index (χ2v) is 12.0. The van der Waals surface area contributed by atoms with Crippen molar-refractivity contribution in [1.82, 2.24) is 5.32 Å². The number of ether oxygens (including phenoxy) is 3. The fraction of sp³-hybridized carbons (Fsp3) is 0.769. The Balaban J connectivity index is 1.64. The van der Waals surface area contributed by atoms with Gasteiger partial charge in [-0.3, -0.25) is 0 Å². The summed E-state index contributed by atoms with van der Waals surface area (Å²) in [4.78, 5) is 0. The van der Waals surface area contributed by atoms with E-state index < -0.39 is 11.2 Å². The zero-order valence-corrected chi connectivity index (χ0v) is 19.8. The highest BCUT2D eigenvalue weighted by Crippen LogP contribution is 2.77. The van der Waals surface area contributed by atoms with E-state index in [-0.39, 0.29) is 28.3 Å². The van der Waals surface area contributed by atoms with Crippen molar-refractivity contribution in [2.24, 2.45) is 16.7 Å². The van der Waals surface area contributed by atoms with E-state index in [2.05, 4.69) is 38.2 Å². The summed E-state index contributed by atoms with van der Waals surface area (Å²) in [6.45, 7) is 9.48. The quantitative estimate of drug-likeness (QED) is 0.772. The maximum atomic E-state index is 12.0. The number of hydrogen-bond acceptors (Lipinski definition) is 5. The lowest BCUT2D eigenvalue weighted by molar-refractivity contribution is -0.303. The molecule has 1 saturated heterocycles. The van der Waals surface area contributed by atoms with Gasteiger partial charge in [-0.15, -0.1) is 0 Å². The Labute approximate surface area is 185 Å². The average Bonchev–Trinajstić information content (AvgIpc) is 3.09. The van der Waals surface area contributed by atoms with E-state index in [1.807, 2.05) is 14.0 Å². The van der Waals surface area contributed by atoms with Crippen LogP contribution < -0.4 is 14.8 Å². The first-order chi connectivity index (χ1) is 14.6. The maximum absolute atomic E-state index is 12.0. The molecule has 2 aliphatic heterocycles. The average molecular weight is 428 g/mol. The molecule has 0 radical (unpaired) electrons. The van der Waals surface area contributed by atoms with Gasteiger partial charge in [0, 0.05) is 35.5 Å². The highest BCUT2D eigenvalue weighted by Gasteiger charge is 2.81. The van der Waals surface area contributed by atoms with Crippen LogP contribution >= 0.6 is 0 Å². The predicted molar refractivity (Wildman–Crippen MR) is 119 cm³/mol. The van der Waals surface area contributed by atoms with Gasteiger partial charge in [0.25, 0.3) is 0 Å². The van der Waals surface area contributed by atoms with Crippen LogP contribution in [0.4, 0.5) is 0 Å². The lowest BCUT2D eigenvalue weighted by Gasteiger charge is -2.74. The maximum Gasteiger partial charge on any atom is 0.165 e. The van der Waals surface area contributed by atoms with Gasteiger partial charge in [-0.05, 0) is 62.6 Å². The van der Waals surface area contributed by atoms with E-state index in [1.165, 1.54) is 11.1 Å². The molecule has 0 aromatic heterocycles. The molecule has 4 fully saturated rings. The van der Waals surface area contributed by atoms with E-state index in [0.29, 0.717) is 6.04 Å². The number of nitrogens with one attached hydrogen (secondary N) is 1. The molecule has 170 valence electrons. The Morgan fingerprint density at radius 1 is 1.13 bits per heavy atom. The summed E-state index contributed by atoms with van der Waals surface area (Å²) in [6.07, 6.45) is 4.99. The van der Waals surface area contributed by atoms with Crippen LogP contribution in [0.5, 0.6) is 11.5 Å². The van der Waals surface area contributed by atoms with Crippen molar-refractivity contribution >= 4 is 0 Å². The zero-order valence-electron chi connectivity index (χ0n) is 19.8. The molecule has 4 aliphatic carbocycles. The van der Waals surface area contributed by atoms with Gasteiger partial charge in [0.15, 0.2) is 11.5 Å². The van der Waals surface area contributed by atoms with Gasteiger partial charge in [-0.2, -0.15) is 0 Å². The van der Waals surface area contributed by atoms with Crippen molar-refractivity contribution in [1.29, 1.82) is 0 Å². The molecule has 3 saturated carbocycles. The highest BCUT2D eigenvalue weighted by atomic mass is 16.6. The first-order valence-corrected chi connectivity index (χ1v) is 12.0. The SMILES string of the molecule is COc1ccc2c3c1O[C@@H]1[C@]34CCN[C@H](C2)[C@]42CC[C@@]1(OC)C([C@](C)(O)C(C)(C)C)C2. The highest BCUT2D eigenvalue weighted by molar-refractivity contribution is 5.63. The molecular weight excluding hydrogens is 390 g/mol. The van der Waals surface area contributed by atoms with Gasteiger partial charge < -0.3 is 24.6 Å². The van der Waals surface area contributed by atoms with Crippen LogP contribution in [0.15, 0.2) is 12.1 Å². The summed E-state index contributed by atoms with van der Waals surface area (Å²) < 4.78 is 19.3. The Hall–Kier alpha value is -1.30. The summed E-state index contributed by atoms with van der Waals surface area (Å²) in [5, 5.41) is 15.9. The fourth-order valence-electron chi connectivity index (χ4n) is 8.68. The van der Waals surface area contributed by atoms with Gasteiger partial charge in [-0.25, -0.2) is 0 Å². The van der Waals surface area contributed by atoms with Crippen LogP contribution in [-0.2, 0) is 16.6 Å². The van der Waals surface area contributed by atoms with E-state index in [0.717, 1.165) is 50.1 Å². The van der Waals surface area contributed by atoms with E-state index in [9.17, 15) is 5.11 Å². The van der Waals surface area contributed by atoms with Crippen molar-refractivity contribution in [3.63, 3.8) is 0 Å². The molecule has 5 heteroatoms. The molecule has 6 aliphatic rings. The van der Waals surface area contributed by atoms with Gasteiger partial charge in [0.1, 0.15) is 11.7 Å². The molecule has 2 spiro atoms. The van der Waals surface area contributed by atoms with Crippen LogP contribution in [0.25, 0.3) is 0 Å². The molecule has 5 nitrogen and oxygen atoms in total. The molecular formula is C26H37NO4. The monoisotopic (exact) mass is 427 g/mol. The minimum absolute atomic E-state index is 0.00105. The topological polar surface area (TPSA) is 60.0 Å². The smallest absolute Gasteiger partial charge is 0.165 e. The summed E-state index contributed by atoms with van der Waals surface area (Å²) in [5.74, 6) is 1.77. The number of aliphatic hydroxyl groups is 1. The summed E-state index contributed by atoms with van der Waals surface area (Å²) in [7, 11) is 3.57. The third-order valence-electron chi connectivity index (χ3n) is 10.6. The van der Waals surface area contributed by atoms with Crippen molar-refractivity contribution in [2.75, 3.05) is 20.8 Å². The largest absolute Gasteiger partial charge is 0.493 e. The minimum Gasteiger partial charge on any atom is -0.493 e. The number of fused-ring (bicyclic) bond motifs is 2. The Bertz CT molecular complexity index is 951. The Morgan fingerprint density at radius 3 is 2.58 bits per heavy atom. The van der Waals surface area contributed by atoms with Crippen LogP contribution in [0, 0.1) is 16.7 Å². The molecule has 7 rings (SSSR count). The number of piperidine rings is 1. The first-order valence-electron chi connectivity index (χ1n) is 12.0. The molecule has 2 heterocycles. The molecule has 1 aromatic carbocycles.